The molecule has 158 valence electrons. The Morgan fingerprint density at radius 1 is 0.903 bits per heavy atom. The number of rotatable bonds is 4. The molecule has 0 aliphatic carbocycles. The molecule has 5 rings (SSSR count). The molecular weight excluding hydrogens is 384 g/mol. The molecule has 1 aliphatic heterocycles. The van der Waals surface area contributed by atoms with Gasteiger partial charge in [0.25, 0.3) is 0 Å². The fourth-order valence-corrected chi connectivity index (χ4v) is 5.03. The van der Waals surface area contributed by atoms with Crippen LogP contribution in [0.15, 0.2) is 54.6 Å². The second kappa shape index (κ2) is 7.78. The summed E-state index contributed by atoms with van der Waals surface area (Å²) in [6.07, 6.45) is 1.01. The first-order chi connectivity index (χ1) is 15.1. The molecule has 2 heterocycles. The number of hydrogen-bond donors (Lipinski definition) is 2. The van der Waals surface area contributed by atoms with Crippen LogP contribution in [0, 0.1) is 13.8 Å². The molecule has 0 amide bonds. The maximum atomic E-state index is 5.88. The molecule has 2 N–H and O–H groups in total. The van der Waals surface area contributed by atoms with E-state index in [4.69, 9.17) is 9.47 Å². The predicted octanol–water partition coefficient (Wildman–Crippen LogP) is 5.70. The Hall–Kier alpha value is -3.24. The van der Waals surface area contributed by atoms with E-state index in [0.29, 0.717) is 0 Å². The van der Waals surface area contributed by atoms with Crippen molar-refractivity contribution in [2.45, 2.75) is 26.3 Å². The fourth-order valence-electron chi connectivity index (χ4n) is 5.03. The van der Waals surface area contributed by atoms with Crippen LogP contribution in [0.25, 0.3) is 22.0 Å². The topological polar surface area (TPSA) is 46.3 Å². The van der Waals surface area contributed by atoms with Crippen molar-refractivity contribution >= 4 is 10.9 Å². The quantitative estimate of drug-likeness (QED) is 0.452. The standard InChI is InChI=1S/C27H28N2O2/c1-16-12-17(2)25-19-10-11-28-26(27(19)29-22(25)13-16)21-15-23(30-3)20(14-24(21)31-4)18-8-6-5-7-9-18/h5-9,12-15,26,28-29H,10-11H2,1-4H3. The van der Waals surface area contributed by atoms with Crippen molar-refractivity contribution in [1.82, 2.24) is 10.3 Å². The number of aromatic nitrogens is 1. The van der Waals surface area contributed by atoms with E-state index in [1.54, 1.807) is 14.2 Å². The SMILES string of the molecule is COc1cc(C2NCCc3c2[nH]c2cc(C)cc(C)c32)c(OC)cc1-c1ccccc1. The molecule has 0 radical (unpaired) electrons. The highest BCUT2D eigenvalue weighted by atomic mass is 16.5. The number of fused-ring (bicyclic) bond motifs is 3. The zero-order valence-corrected chi connectivity index (χ0v) is 18.5. The molecule has 0 spiro atoms. The largest absolute Gasteiger partial charge is 0.496 e. The van der Waals surface area contributed by atoms with Gasteiger partial charge in [-0.05, 0) is 60.7 Å². The third kappa shape index (κ3) is 3.28. The highest BCUT2D eigenvalue weighted by Gasteiger charge is 2.29. The zero-order chi connectivity index (χ0) is 21.5. The first kappa shape index (κ1) is 19.7. The third-order valence-electron chi connectivity index (χ3n) is 6.34. The van der Waals surface area contributed by atoms with Gasteiger partial charge in [-0.3, -0.25) is 0 Å². The van der Waals surface area contributed by atoms with Crippen molar-refractivity contribution in [3.05, 3.63) is 82.5 Å². The Bertz CT molecular complexity index is 1260. The lowest BCUT2D eigenvalue weighted by Gasteiger charge is -2.27. The van der Waals surface area contributed by atoms with E-state index in [2.05, 4.69) is 60.5 Å². The van der Waals surface area contributed by atoms with Crippen molar-refractivity contribution in [2.24, 2.45) is 0 Å². The van der Waals surface area contributed by atoms with Crippen LogP contribution in [-0.4, -0.2) is 25.7 Å². The average Bonchev–Trinajstić information content (AvgIpc) is 3.17. The summed E-state index contributed by atoms with van der Waals surface area (Å²) >= 11 is 0. The first-order valence-electron chi connectivity index (χ1n) is 10.8. The van der Waals surface area contributed by atoms with Gasteiger partial charge in [0.2, 0.25) is 0 Å². The second-order valence-corrected chi connectivity index (χ2v) is 8.32. The number of methoxy groups -OCH3 is 2. The zero-order valence-electron chi connectivity index (χ0n) is 18.5. The summed E-state index contributed by atoms with van der Waals surface area (Å²) in [5.74, 6) is 1.70. The number of hydrogen-bond acceptors (Lipinski definition) is 3. The number of H-pyrrole nitrogens is 1. The summed E-state index contributed by atoms with van der Waals surface area (Å²) in [4.78, 5) is 3.72. The van der Waals surface area contributed by atoms with E-state index < -0.39 is 0 Å². The van der Waals surface area contributed by atoms with E-state index in [0.717, 1.165) is 41.2 Å². The molecule has 4 aromatic rings. The Balaban J connectivity index is 1.69. The van der Waals surface area contributed by atoms with Gasteiger partial charge in [0.15, 0.2) is 0 Å². The van der Waals surface area contributed by atoms with Crippen molar-refractivity contribution in [3.8, 4) is 22.6 Å². The maximum Gasteiger partial charge on any atom is 0.127 e. The highest BCUT2D eigenvalue weighted by Crippen LogP contribution is 2.43. The summed E-state index contributed by atoms with van der Waals surface area (Å²) < 4.78 is 11.7. The molecule has 1 atom stereocenters. The normalized spacial score (nSPS) is 15.7. The van der Waals surface area contributed by atoms with E-state index in [9.17, 15) is 0 Å². The predicted molar refractivity (Wildman–Crippen MR) is 126 cm³/mol. The highest BCUT2D eigenvalue weighted by molar-refractivity contribution is 5.89. The Morgan fingerprint density at radius 2 is 1.68 bits per heavy atom. The summed E-state index contributed by atoms with van der Waals surface area (Å²) in [5, 5.41) is 5.07. The minimum Gasteiger partial charge on any atom is -0.496 e. The maximum absolute atomic E-state index is 5.88. The molecule has 1 aromatic heterocycles. The summed E-state index contributed by atoms with van der Waals surface area (Å²) in [7, 11) is 3.47. The fraction of sp³-hybridized carbons (Fsp3) is 0.259. The molecule has 0 saturated carbocycles. The minimum absolute atomic E-state index is 0.0181. The Labute approximate surface area is 183 Å². The number of benzene rings is 3. The lowest BCUT2D eigenvalue weighted by molar-refractivity contribution is 0.393. The monoisotopic (exact) mass is 412 g/mol. The third-order valence-corrected chi connectivity index (χ3v) is 6.34. The van der Waals surface area contributed by atoms with E-state index >= 15 is 0 Å². The smallest absolute Gasteiger partial charge is 0.127 e. The molecule has 4 heteroatoms. The molecule has 3 aromatic carbocycles. The van der Waals surface area contributed by atoms with Crippen LogP contribution in [0.2, 0.25) is 0 Å². The van der Waals surface area contributed by atoms with E-state index in [1.807, 2.05) is 18.2 Å². The van der Waals surface area contributed by atoms with Gasteiger partial charge in [0.1, 0.15) is 11.5 Å². The van der Waals surface area contributed by atoms with Crippen molar-refractivity contribution < 1.29 is 9.47 Å². The van der Waals surface area contributed by atoms with Gasteiger partial charge in [-0.15, -0.1) is 0 Å². The number of nitrogens with one attached hydrogen (secondary N) is 2. The molecule has 1 unspecified atom stereocenters. The van der Waals surface area contributed by atoms with E-state index in [1.165, 1.54) is 33.3 Å². The molecule has 0 saturated heterocycles. The van der Waals surface area contributed by atoms with Gasteiger partial charge < -0.3 is 19.8 Å². The van der Waals surface area contributed by atoms with Gasteiger partial charge in [-0.25, -0.2) is 0 Å². The lowest BCUT2D eigenvalue weighted by atomic mass is 9.91. The number of aromatic amines is 1. The molecule has 0 fully saturated rings. The second-order valence-electron chi connectivity index (χ2n) is 8.32. The van der Waals surface area contributed by atoms with Crippen LogP contribution in [0.1, 0.15) is 34.0 Å². The van der Waals surface area contributed by atoms with Gasteiger partial charge in [-0.1, -0.05) is 36.4 Å². The van der Waals surface area contributed by atoms with E-state index in [-0.39, 0.29) is 6.04 Å². The molecule has 0 bridgehead atoms. The number of aryl methyl sites for hydroxylation is 2. The first-order valence-corrected chi connectivity index (χ1v) is 10.8. The van der Waals surface area contributed by atoms with Gasteiger partial charge in [0, 0.05) is 34.3 Å². The average molecular weight is 413 g/mol. The van der Waals surface area contributed by atoms with Crippen LogP contribution in [0.4, 0.5) is 0 Å². The molecular formula is C27H28N2O2. The van der Waals surface area contributed by atoms with Crippen molar-refractivity contribution in [2.75, 3.05) is 20.8 Å². The van der Waals surface area contributed by atoms with Crippen LogP contribution in [-0.2, 0) is 6.42 Å². The summed E-state index contributed by atoms with van der Waals surface area (Å²) in [6, 6.07) is 19.0. The van der Waals surface area contributed by atoms with Crippen LogP contribution in [0.5, 0.6) is 11.5 Å². The van der Waals surface area contributed by atoms with Gasteiger partial charge in [-0.2, -0.15) is 0 Å². The summed E-state index contributed by atoms with van der Waals surface area (Å²) in [6.45, 7) is 5.28. The molecule has 1 aliphatic rings. The van der Waals surface area contributed by atoms with Crippen LogP contribution >= 0.6 is 0 Å². The van der Waals surface area contributed by atoms with Crippen LogP contribution in [0.3, 0.4) is 0 Å². The number of ether oxygens (including phenoxy) is 2. The van der Waals surface area contributed by atoms with Crippen LogP contribution < -0.4 is 14.8 Å². The Morgan fingerprint density at radius 3 is 2.42 bits per heavy atom. The molecule has 4 nitrogen and oxygen atoms in total. The lowest BCUT2D eigenvalue weighted by Crippen LogP contribution is -2.30. The van der Waals surface area contributed by atoms with Gasteiger partial charge >= 0.3 is 0 Å². The van der Waals surface area contributed by atoms with Crippen molar-refractivity contribution in [1.29, 1.82) is 0 Å². The Kier molecular flexibility index (Phi) is 4.95. The van der Waals surface area contributed by atoms with Crippen molar-refractivity contribution in [3.63, 3.8) is 0 Å². The minimum atomic E-state index is 0.0181. The summed E-state index contributed by atoms with van der Waals surface area (Å²) in [5.41, 5.74) is 9.67. The molecule has 31 heavy (non-hydrogen) atoms. The van der Waals surface area contributed by atoms with Gasteiger partial charge in [0.05, 0.1) is 20.3 Å².